The lowest BCUT2D eigenvalue weighted by Crippen LogP contribution is -2.37. The number of likely N-dealkylation sites (tertiary alicyclic amines) is 1. The van der Waals surface area contributed by atoms with Crippen molar-refractivity contribution in [2.45, 2.75) is 25.0 Å². The third kappa shape index (κ3) is 2.21. The molecular weight excluding hydrogens is 226 g/mol. The summed E-state index contributed by atoms with van der Waals surface area (Å²) in [6.45, 7) is 2.72. The molecule has 1 heterocycles. The fourth-order valence-corrected chi connectivity index (χ4v) is 2.87. The molecule has 1 saturated heterocycles. The van der Waals surface area contributed by atoms with Crippen molar-refractivity contribution < 1.29 is 10.2 Å². The Morgan fingerprint density at radius 1 is 1.44 bits per heavy atom. The fraction of sp³-hybridized carbons (Fsp3) is 0.467. The lowest BCUT2D eigenvalue weighted by molar-refractivity contribution is 0.0410. The highest BCUT2D eigenvalue weighted by Crippen LogP contribution is 2.43. The van der Waals surface area contributed by atoms with Crippen LogP contribution in [0.2, 0.25) is 0 Å². The maximum atomic E-state index is 11.0. The summed E-state index contributed by atoms with van der Waals surface area (Å²) in [5.74, 6) is 0. The van der Waals surface area contributed by atoms with E-state index < -0.39 is 5.60 Å². The Bertz CT molecular complexity index is 429. The largest absolute Gasteiger partial charge is 0.392 e. The molecule has 18 heavy (non-hydrogen) atoms. The Labute approximate surface area is 108 Å². The van der Waals surface area contributed by atoms with Crippen LogP contribution in [0.5, 0.6) is 0 Å². The van der Waals surface area contributed by atoms with Crippen molar-refractivity contribution in [1.29, 1.82) is 0 Å². The van der Waals surface area contributed by atoms with Crippen molar-refractivity contribution >= 4 is 0 Å². The Hall–Kier alpha value is -1.16. The number of rotatable bonds is 3. The van der Waals surface area contributed by atoms with Crippen molar-refractivity contribution in [3.63, 3.8) is 0 Å². The third-order valence-electron chi connectivity index (χ3n) is 3.93. The first-order chi connectivity index (χ1) is 8.59. The van der Waals surface area contributed by atoms with Crippen LogP contribution < -0.4 is 0 Å². The molecular formula is C15H21NO2. The van der Waals surface area contributed by atoms with Crippen molar-refractivity contribution in [2.75, 3.05) is 20.2 Å². The molecule has 98 valence electrons. The molecule has 0 unspecified atom stereocenters. The van der Waals surface area contributed by atoms with Crippen LogP contribution in [0.25, 0.3) is 0 Å². The van der Waals surface area contributed by atoms with Gasteiger partial charge in [-0.25, -0.2) is 0 Å². The number of hydrogen-bond donors (Lipinski definition) is 2. The van der Waals surface area contributed by atoms with Crippen LogP contribution in [0.1, 0.15) is 24.9 Å². The van der Waals surface area contributed by atoms with Crippen LogP contribution in [0.3, 0.4) is 0 Å². The van der Waals surface area contributed by atoms with Gasteiger partial charge in [0.05, 0.1) is 12.6 Å². The second-order valence-corrected chi connectivity index (χ2v) is 5.04. The zero-order valence-electron chi connectivity index (χ0n) is 11.0. The molecule has 2 rings (SSSR count). The van der Waals surface area contributed by atoms with E-state index in [1.54, 1.807) is 6.08 Å². The zero-order valence-corrected chi connectivity index (χ0v) is 11.0. The quantitative estimate of drug-likeness (QED) is 0.800. The van der Waals surface area contributed by atoms with Crippen LogP contribution in [0.15, 0.2) is 42.0 Å². The maximum Gasteiger partial charge on any atom is 0.106 e. The second-order valence-electron chi connectivity index (χ2n) is 5.04. The van der Waals surface area contributed by atoms with Gasteiger partial charge >= 0.3 is 0 Å². The SMILES string of the molecule is C/C(=C/CO)[C@]1(O)CCN(C)[C@H]1c1ccccc1. The summed E-state index contributed by atoms with van der Waals surface area (Å²) in [5, 5.41) is 20.0. The first kappa shape index (κ1) is 13.3. The van der Waals surface area contributed by atoms with Gasteiger partial charge in [0, 0.05) is 6.54 Å². The number of benzene rings is 1. The minimum absolute atomic E-state index is 0.0284. The van der Waals surface area contributed by atoms with E-state index in [4.69, 9.17) is 5.11 Å². The number of aliphatic hydroxyl groups is 2. The lowest BCUT2D eigenvalue weighted by Gasteiger charge is -2.34. The number of nitrogens with zero attached hydrogens (tertiary/aromatic N) is 1. The van der Waals surface area contributed by atoms with Gasteiger partial charge in [-0.2, -0.15) is 0 Å². The standard InChI is InChI=1S/C15H21NO2/c1-12(8-11-17)15(18)9-10-16(2)14(15)13-6-4-3-5-7-13/h3-8,14,17-18H,9-11H2,1-2H3/b12-8-/t14-,15+/m0/s1. The zero-order chi connectivity index (χ0) is 13.2. The van der Waals surface area contributed by atoms with E-state index in [1.807, 2.05) is 44.3 Å². The van der Waals surface area contributed by atoms with Crippen molar-refractivity contribution in [3.8, 4) is 0 Å². The molecule has 0 spiro atoms. The maximum absolute atomic E-state index is 11.0. The lowest BCUT2D eigenvalue weighted by atomic mass is 9.83. The molecule has 3 nitrogen and oxygen atoms in total. The molecule has 0 aliphatic carbocycles. The van der Waals surface area contributed by atoms with Gasteiger partial charge in [0.2, 0.25) is 0 Å². The van der Waals surface area contributed by atoms with Crippen LogP contribution in [-0.4, -0.2) is 40.9 Å². The Morgan fingerprint density at radius 3 is 2.72 bits per heavy atom. The summed E-state index contributed by atoms with van der Waals surface area (Å²) in [5.41, 5.74) is 1.09. The number of likely N-dealkylation sites (N-methyl/N-ethyl adjacent to an activating group) is 1. The summed E-state index contributed by atoms with van der Waals surface area (Å²) in [6, 6.07) is 10.0. The van der Waals surface area contributed by atoms with Gasteiger partial charge < -0.3 is 10.2 Å². The van der Waals surface area contributed by atoms with Gasteiger partial charge in [0.25, 0.3) is 0 Å². The molecule has 3 heteroatoms. The Kier molecular flexibility index (Phi) is 3.85. The molecule has 2 atom stereocenters. The molecule has 1 aromatic carbocycles. The fourth-order valence-electron chi connectivity index (χ4n) is 2.87. The first-order valence-corrected chi connectivity index (χ1v) is 6.35. The first-order valence-electron chi connectivity index (χ1n) is 6.35. The average molecular weight is 247 g/mol. The monoisotopic (exact) mass is 247 g/mol. The molecule has 0 amide bonds. The van der Waals surface area contributed by atoms with Crippen LogP contribution in [0, 0.1) is 0 Å². The highest BCUT2D eigenvalue weighted by molar-refractivity contribution is 5.31. The van der Waals surface area contributed by atoms with E-state index in [9.17, 15) is 5.11 Å². The molecule has 2 N–H and O–H groups in total. The normalized spacial score (nSPS) is 29.8. The summed E-state index contributed by atoms with van der Waals surface area (Å²) in [6.07, 6.45) is 2.40. The van der Waals surface area contributed by atoms with Crippen molar-refractivity contribution in [2.24, 2.45) is 0 Å². The predicted octanol–water partition coefficient (Wildman–Crippen LogP) is 1.73. The molecule has 1 aliphatic heterocycles. The number of hydrogen-bond acceptors (Lipinski definition) is 3. The van der Waals surface area contributed by atoms with Crippen LogP contribution >= 0.6 is 0 Å². The van der Waals surface area contributed by atoms with Gasteiger partial charge in [0.15, 0.2) is 0 Å². The highest BCUT2D eigenvalue weighted by atomic mass is 16.3. The van der Waals surface area contributed by atoms with E-state index in [1.165, 1.54) is 0 Å². The smallest absolute Gasteiger partial charge is 0.106 e. The van der Waals surface area contributed by atoms with Crippen LogP contribution in [0.4, 0.5) is 0 Å². The van der Waals surface area contributed by atoms with Crippen molar-refractivity contribution in [1.82, 2.24) is 4.90 Å². The van der Waals surface area contributed by atoms with E-state index in [-0.39, 0.29) is 12.6 Å². The van der Waals surface area contributed by atoms with E-state index in [0.717, 1.165) is 17.7 Å². The predicted molar refractivity (Wildman–Crippen MR) is 72.2 cm³/mol. The van der Waals surface area contributed by atoms with Gasteiger partial charge in [0.1, 0.15) is 5.60 Å². The van der Waals surface area contributed by atoms with Gasteiger partial charge in [-0.1, -0.05) is 36.4 Å². The van der Waals surface area contributed by atoms with Gasteiger partial charge in [-0.05, 0) is 31.5 Å². The Balaban J connectivity index is 2.39. The molecule has 0 aromatic heterocycles. The highest BCUT2D eigenvalue weighted by Gasteiger charge is 2.46. The Morgan fingerprint density at radius 2 is 2.11 bits per heavy atom. The van der Waals surface area contributed by atoms with Crippen molar-refractivity contribution in [3.05, 3.63) is 47.5 Å². The van der Waals surface area contributed by atoms with E-state index >= 15 is 0 Å². The molecule has 1 aromatic rings. The molecule has 0 radical (unpaired) electrons. The average Bonchev–Trinajstić information content (AvgIpc) is 2.68. The molecule has 1 aliphatic rings. The minimum atomic E-state index is -0.876. The van der Waals surface area contributed by atoms with Gasteiger partial charge in [-0.15, -0.1) is 0 Å². The summed E-state index contributed by atoms with van der Waals surface area (Å²) >= 11 is 0. The number of aliphatic hydroxyl groups excluding tert-OH is 1. The van der Waals surface area contributed by atoms with Gasteiger partial charge in [-0.3, -0.25) is 4.90 Å². The summed E-state index contributed by atoms with van der Waals surface area (Å²) in [4.78, 5) is 2.17. The molecule has 1 fully saturated rings. The molecule has 0 bridgehead atoms. The summed E-state index contributed by atoms with van der Waals surface area (Å²) < 4.78 is 0. The minimum Gasteiger partial charge on any atom is -0.392 e. The third-order valence-corrected chi connectivity index (χ3v) is 3.93. The van der Waals surface area contributed by atoms with Crippen LogP contribution in [-0.2, 0) is 0 Å². The second kappa shape index (κ2) is 5.22. The summed E-state index contributed by atoms with van der Waals surface area (Å²) in [7, 11) is 2.03. The van der Waals surface area contributed by atoms with E-state index in [0.29, 0.717) is 6.42 Å². The van der Waals surface area contributed by atoms with E-state index in [2.05, 4.69) is 4.90 Å². The topological polar surface area (TPSA) is 43.7 Å². The molecule has 0 saturated carbocycles.